The highest BCUT2D eigenvalue weighted by atomic mass is 35.5. The van der Waals surface area contributed by atoms with Crippen LogP contribution in [-0.4, -0.2) is 10.9 Å². The van der Waals surface area contributed by atoms with Crippen molar-refractivity contribution in [2.24, 2.45) is 10.2 Å². The van der Waals surface area contributed by atoms with Crippen molar-refractivity contribution in [2.45, 2.75) is 6.42 Å². The van der Waals surface area contributed by atoms with Crippen LogP contribution in [0.25, 0.3) is 0 Å². The van der Waals surface area contributed by atoms with Gasteiger partial charge in [0, 0.05) is 24.4 Å². The van der Waals surface area contributed by atoms with Crippen LogP contribution >= 0.6 is 11.6 Å². The average molecular weight is 271 g/mol. The molecule has 4 rings (SSSR count). The third-order valence-electron chi connectivity index (χ3n) is 3.23. The van der Waals surface area contributed by atoms with E-state index in [4.69, 9.17) is 11.6 Å². The van der Waals surface area contributed by atoms with Crippen molar-refractivity contribution in [3.8, 4) is 0 Å². The molecule has 0 radical (unpaired) electrons. The molecule has 1 amide bonds. The van der Waals surface area contributed by atoms with E-state index in [9.17, 15) is 4.79 Å². The van der Waals surface area contributed by atoms with Crippen LogP contribution in [0.2, 0.25) is 5.02 Å². The Kier molecular flexibility index (Phi) is 2.02. The third-order valence-corrected chi connectivity index (χ3v) is 3.53. The average Bonchev–Trinajstić information content (AvgIpc) is 2.89. The van der Waals surface area contributed by atoms with E-state index in [1.54, 1.807) is 12.3 Å². The Balaban J connectivity index is 1.65. The standard InChI is InChI=1S/C13H7ClN4O/c14-9-5-15-2-1-10(9)16-13(19)12-8-4-6-3-7(6)11(8)17-18-12/h1-2,4-5H,3H2,(H,15,16,19). The molecule has 6 heteroatoms. The number of aromatic nitrogens is 1. The number of amides is 1. The maximum Gasteiger partial charge on any atom is 0.276 e. The fourth-order valence-corrected chi connectivity index (χ4v) is 2.37. The van der Waals surface area contributed by atoms with Gasteiger partial charge in [0.2, 0.25) is 0 Å². The number of anilines is 1. The van der Waals surface area contributed by atoms with E-state index in [0.717, 1.165) is 17.7 Å². The van der Waals surface area contributed by atoms with Crippen molar-refractivity contribution in [1.29, 1.82) is 0 Å². The second kappa shape index (κ2) is 3.61. The summed E-state index contributed by atoms with van der Waals surface area (Å²) in [6.45, 7) is 0. The summed E-state index contributed by atoms with van der Waals surface area (Å²) in [5.74, 6) is -0.305. The molecule has 1 N–H and O–H groups in total. The molecule has 5 nitrogen and oxygen atoms in total. The zero-order valence-electron chi connectivity index (χ0n) is 9.64. The van der Waals surface area contributed by atoms with E-state index in [1.165, 1.54) is 17.3 Å². The summed E-state index contributed by atoms with van der Waals surface area (Å²) in [5.41, 5.74) is 5.00. The normalized spacial score (nSPS) is 18.5. The van der Waals surface area contributed by atoms with Crippen LogP contribution in [0.3, 0.4) is 0 Å². The number of carbonyl (C=O) groups excluding carboxylic acids is 1. The number of allylic oxidation sites excluding steroid dienone is 3. The minimum atomic E-state index is -0.305. The Morgan fingerprint density at radius 2 is 2.26 bits per heavy atom. The zero-order chi connectivity index (χ0) is 13.0. The van der Waals surface area contributed by atoms with Crippen LogP contribution in [0.15, 0.2) is 62.9 Å². The summed E-state index contributed by atoms with van der Waals surface area (Å²) in [6, 6.07) is 1.64. The summed E-state index contributed by atoms with van der Waals surface area (Å²) in [6.07, 6.45) is 6.00. The SMILES string of the molecule is O=C(Nc1ccncc1Cl)C1=C2C=C3CC3=C2N=N1. The van der Waals surface area contributed by atoms with Gasteiger partial charge < -0.3 is 5.32 Å². The molecule has 1 aliphatic heterocycles. The number of nitrogens with zero attached hydrogens (tertiary/aromatic N) is 3. The Morgan fingerprint density at radius 1 is 1.37 bits per heavy atom. The number of hydrogen-bond acceptors (Lipinski definition) is 4. The summed E-state index contributed by atoms with van der Waals surface area (Å²) >= 11 is 5.95. The summed E-state index contributed by atoms with van der Waals surface area (Å²) in [4.78, 5) is 16.0. The summed E-state index contributed by atoms with van der Waals surface area (Å²) < 4.78 is 0. The lowest BCUT2D eigenvalue weighted by molar-refractivity contribution is -0.112. The topological polar surface area (TPSA) is 66.7 Å². The van der Waals surface area contributed by atoms with Crippen LogP contribution in [0.1, 0.15) is 6.42 Å². The Hall–Kier alpha value is -2.27. The molecule has 0 spiro atoms. The molecule has 3 aliphatic rings. The van der Waals surface area contributed by atoms with Crippen molar-refractivity contribution >= 4 is 23.2 Å². The highest BCUT2D eigenvalue weighted by Crippen LogP contribution is 2.51. The number of carbonyl (C=O) groups is 1. The quantitative estimate of drug-likeness (QED) is 0.898. The largest absolute Gasteiger partial charge is 0.319 e. The molecule has 19 heavy (non-hydrogen) atoms. The van der Waals surface area contributed by atoms with Gasteiger partial charge in [-0.05, 0) is 23.3 Å². The first kappa shape index (κ1) is 10.6. The van der Waals surface area contributed by atoms with Gasteiger partial charge in [0.1, 0.15) is 0 Å². The number of hydrogen-bond donors (Lipinski definition) is 1. The van der Waals surface area contributed by atoms with E-state index >= 15 is 0 Å². The fraction of sp³-hybridized carbons (Fsp3) is 0.0769. The van der Waals surface area contributed by atoms with Crippen molar-refractivity contribution < 1.29 is 4.79 Å². The van der Waals surface area contributed by atoms with Gasteiger partial charge in [0.15, 0.2) is 5.70 Å². The second-order valence-electron chi connectivity index (χ2n) is 4.45. The minimum Gasteiger partial charge on any atom is -0.319 e. The molecule has 0 atom stereocenters. The predicted octanol–water partition coefficient (Wildman–Crippen LogP) is 2.99. The zero-order valence-corrected chi connectivity index (χ0v) is 10.4. The first-order valence-electron chi connectivity index (χ1n) is 5.75. The molecule has 2 aliphatic carbocycles. The molecule has 1 aromatic rings. The molecule has 0 bridgehead atoms. The predicted molar refractivity (Wildman–Crippen MR) is 69.5 cm³/mol. The van der Waals surface area contributed by atoms with Crippen LogP contribution in [-0.2, 0) is 4.79 Å². The van der Waals surface area contributed by atoms with E-state index in [1.807, 2.05) is 6.08 Å². The van der Waals surface area contributed by atoms with Crippen molar-refractivity contribution in [2.75, 3.05) is 5.32 Å². The number of halogens is 1. The van der Waals surface area contributed by atoms with Gasteiger partial charge in [-0.15, -0.1) is 10.2 Å². The molecule has 1 saturated carbocycles. The lowest BCUT2D eigenvalue weighted by atomic mass is 10.1. The van der Waals surface area contributed by atoms with Gasteiger partial charge in [-0.1, -0.05) is 11.6 Å². The number of pyridine rings is 1. The van der Waals surface area contributed by atoms with Gasteiger partial charge in [-0.2, -0.15) is 0 Å². The molecular weight excluding hydrogens is 264 g/mol. The number of azo groups is 1. The maximum atomic E-state index is 12.2. The van der Waals surface area contributed by atoms with Crippen molar-refractivity contribution in [3.05, 3.63) is 57.7 Å². The number of fused-ring (bicyclic) bond motifs is 2. The highest BCUT2D eigenvalue weighted by Gasteiger charge is 2.38. The van der Waals surface area contributed by atoms with Gasteiger partial charge in [0.25, 0.3) is 5.91 Å². The van der Waals surface area contributed by atoms with Crippen molar-refractivity contribution in [3.63, 3.8) is 0 Å². The van der Waals surface area contributed by atoms with E-state index in [0.29, 0.717) is 16.4 Å². The van der Waals surface area contributed by atoms with Gasteiger partial charge in [-0.25, -0.2) is 0 Å². The maximum absolute atomic E-state index is 12.2. The molecule has 1 aromatic heterocycles. The number of nitrogens with one attached hydrogen (secondary N) is 1. The monoisotopic (exact) mass is 270 g/mol. The van der Waals surface area contributed by atoms with E-state index < -0.39 is 0 Å². The molecule has 0 unspecified atom stereocenters. The lowest BCUT2D eigenvalue weighted by Gasteiger charge is -2.05. The second-order valence-corrected chi connectivity index (χ2v) is 4.85. The fourth-order valence-electron chi connectivity index (χ4n) is 2.20. The summed E-state index contributed by atoms with van der Waals surface area (Å²) in [7, 11) is 0. The summed E-state index contributed by atoms with van der Waals surface area (Å²) in [5, 5.41) is 11.1. The van der Waals surface area contributed by atoms with Crippen molar-refractivity contribution in [1.82, 2.24) is 4.98 Å². The lowest BCUT2D eigenvalue weighted by Crippen LogP contribution is -2.14. The molecular formula is C13H7ClN4O. The Morgan fingerprint density at radius 3 is 3.11 bits per heavy atom. The van der Waals surface area contributed by atoms with E-state index in [-0.39, 0.29) is 5.91 Å². The number of rotatable bonds is 2. The van der Waals surface area contributed by atoms with Crippen LogP contribution in [0, 0.1) is 0 Å². The molecule has 2 heterocycles. The first-order chi connectivity index (χ1) is 9.24. The minimum absolute atomic E-state index is 0.305. The van der Waals surface area contributed by atoms with Gasteiger partial charge >= 0.3 is 0 Å². The van der Waals surface area contributed by atoms with Crippen LogP contribution in [0.4, 0.5) is 5.69 Å². The van der Waals surface area contributed by atoms with Crippen LogP contribution in [0.5, 0.6) is 0 Å². The molecule has 0 aromatic carbocycles. The first-order valence-corrected chi connectivity index (χ1v) is 6.13. The molecule has 0 saturated heterocycles. The Labute approximate surface area is 113 Å². The van der Waals surface area contributed by atoms with Crippen LogP contribution < -0.4 is 5.32 Å². The third kappa shape index (κ3) is 1.55. The molecule has 1 fully saturated rings. The van der Waals surface area contributed by atoms with Gasteiger partial charge in [-0.3, -0.25) is 9.78 Å². The van der Waals surface area contributed by atoms with Gasteiger partial charge in [0.05, 0.1) is 16.4 Å². The molecule has 92 valence electrons. The smallest absolute Gasteiger partial charge is 0.276 e. The Bertz CT molecular complexity index is 758. The van der Waals surface area contributed by atoms with E-state index in [2.05, 4.69) is 20.5 Å². The highest BCUT2D eigenvalue weighted by molar-refractivity contribution is 6.33.